The molecule has 0 unspecified atom stereocenters. The minimum Gasteiger partial charge on any atom is -0.263 e. The van der Waals surface area contributed by atoms with Gasteiger partial charge in [-0.1, -0.05) is 19.3 Å². The molecule has 0 bridgehead atoms. The number of hydrogen-bond donors (Lipinski definition) is 0. The zero-order chi connectivity index (χ0) is 8.97. The van der Waals surface area contributed by atoms with Crippen LogP contribution in [-0.2, 0) is 0 Å². The molecule has 0 aromatic heterocycles. The van der Waals surface area contributed by atoms with Gasteiger partial charge in [-0.25, -0.2) is 4.90 Å². The molecule has 0 atom stereocenters. The van der Waals surface area contributed by atoms with Gasteiger partial charge in [0.2, 0.25) is 0 Å². The van der Waals surface area contributed by atoms with Crippen LogP contribution in [0.15, 0.2) is 0 Å². The normalized spacial score (nSPS) is 19.8. The molecule has 1 aliphatic rings. The van der Waals surface area contributed by atoms with E-state index in [0.29, 0.717) is 6.04 Å². The van der Waals surface area contributed by atoms with E-state index < -0.39 is 0 Å². The van der Waals surface area contributed by atoms with Gasteiger partial charge in [-0.05, 0) is 19.9 Å². The van der Waals surface area contributed by atoms with Crippen LogP contribution in [0.25, 0.3) is 0 Å². The Balaban J connectivity index is 2.29. The third kappa shape index (κ3) is 2.77. The van der Waals surface area contributed by atoms with Crippen molar-refractivity contribution in [1.29, 1.82) is 0 Å². The van der Waals surface area contributed by atoms with Gasteiger partial charge in [0.15, 0.2) is 0 Å². The summed E-state index contributed by atoms with van der Waals surface area (Å²) >= 11 is 0. The van der Waals surface area contributed by atoms with Crippen LogP contribution < -0.4 is 0 Å². The first-order chi connectivity index (χ1) is 5.70. The molecule has 0 N–H and O–H groups in total. The Hall–Kier alpha value is -0.640. The van der Waals surface area contributed by atoms with Crippen LogP contribution in [0.4, 0.5) is 0 Å². The average molecular weight is 172 g/mol. The maximum absolute atomic E-state index is 10.2. The number of nitrogens with zero attached hydrogens (tertiary/aromatic N) is 2. The van der Waals surface area contributed by atoms with Gasteiger partial charge in [-0.3, -0.25) is 10.1 Å². The summed E-state index contributed by atoms with van der Waals surface area (Å²) in [4.78, 5) is 11.8. The molecule has 1 aliphatic carbocycles. The van der Waals surface area contributed by atoms with Crippen molar-refractivity contribution in [2.45, 2.75) is 38.1 Å². The van der Waals surface area contributed by atoms with Crippen LogP contribution in [0, 0.1) is 10.1 Å². The fourth-order valence-corrected chi connectivity index (χ4v) is 1.82. The summed E-state index contributed by atoms with van der Waals surface area (Å²) in [7, 11) is 1.85. The Kier molecular flexibility index (Phi) is 3.47. The second kappa shape index (κ2) is 4.40. The smallest absolute Gasteiger partial charge is 0.259 e. The molecule has 0 radical (unpaired) electrons. The summed E-state index contributed by atoms with van der Waals surface area (Å²) in [5.74, 6) is 0. The third-order valence-electron chi connectivity index (χ3n) is 2.54. The average Bonchev–Trinajstić information content (AvgIpc) is 2.05. The predicted molar refractivity (Wildman–Crippen MR) is 46.5 cm³/mol. The van der Waals surface area contributed by atoms with Crippen LogP contribution in [0.2, 0.25) is 0 Å². The largest absolute Gasteiger partial charge is 0.263 e. The quantitative estimate of drug-likeness (QED) is 0.368. The molecule has 0 aromatic rings. The van der Waals surface area contributed by atoms with Gasteiger partial charge in [0, 0.05) is 11.0 Å². The molecular formula is C8H16N2O2. The van der Waals surface area contributed by atoms with Gasteiger partial charge in [-0.2, -0.15) is 0 Å². The van der Waals surface area contributed by atoms with Gasteiger partial charge in [-0.15, -0.1) is 0 Å². The maximum atomic E-state index is 10.2. The second-order valence-corrected chi connectivity index (χ2v) is 3.52. The summed E-state index contributed by atoms with van der Waals surface area (Å²) in [6, 6.07) is 0.448. The predicted octanol–water partition coefficient (Wildman–Crippen LogP) is 1.49. The van der Waals surface area contributed by atoms with Gasteiger partial charge in [0.25, 0.3) is 6.67 Å². The summed E-state index contributed by atoms with van der Waals surface area (Å²) in [5.41, 5.74) is 0. The van der Waals surface area contributed by atoms with Crippen molar-refractivity contribution in [2.24, 2.45) is 0 Å². The fraction of sp³-hybridized carbons (Fsp3) is 1.00. The first kappa shape index (κ1) is 9.45. The Morgan fingerprint density at radius 1 is 1.42 bits per heavy atom. The molecule has 1 saturated carbocycles. The Morgan fingerprint density at radius 2 is 2.00 bits per heavy atom. The third-order valence-corrected chi connectivity index (χ3v) is 2.54. The minimum absolute atomic E-state index is 0.00926. The van der Waals surface area contributed by atoms with E-state index in [4.69, 9.17) is 0 Å². The molecular weight excluding hydrogens is 156 g/mol. The van der Waals surface area contributed by atoms with E-state index in [0.717, 1.165) is 12.8 Å². The van der Waals surface area contributed by atoms with E-state index >= 15 is 0 Å². The lowest BCUT2D eigenvalue weighted by molar-refractivity contribution is -0.505. The van der Waals surface area contributed by atoms with Crippen LogP contribution in [-0.4, -0.2) is 29.6 Å². The first-order valence-corrected chi connectivity index (χ1v) is 4.52. The fourth-order valence-electron chi connectivity index (χ4n) is 1.82. The molecule has 0 spiro atoms. The van der Waals surface area contributed by atoms with Gasteiger partial charge < -0.3 is 0 Å². The molecule has 1 fully saturated rings. The molecule has 0 aliphatic heterocycles. The van der Waals surface area contributed by atoms with E-state index in [1.54, 1.807) is 0 Å². The zero-order valence-corrected chi connectivity index (χ0v) is 7.53. The highest BCUT2D eigenvalue weighted by atomic mass is 16.6. The summed E-state index contributed by atoms with van der Waals surface area (Å²) in [5, 5.41) is 10.2. The molecule has 12 heavy (non-hydrogen) atoms. The molecule has 0 amide bonds. The van der Waals surface area contributed by atoms with E-state index in [2.05, 4.69) is 0 Å². The molecule has 0 saturated heterocycles. The van der Waals surface area contributed by atoms with Crippen molar-refractivity contribution >= 4 is 0 Å². The molecule has 4 heteroatoms. The summed E-state index contributed by atoms with van der Waals surface area (Å²) in [6.45, 7) is -0.00926. The number of hydrogen-bond acceptors (Lipinski definition) is 3. The molecule has 4 nitrogen and oxygen atoms in total. The Bertz CT molecular complexity index is 155. The molecule has 0 aromatic carbocycles. The van der Waals surface area contributed by atoms with Crippen LogP contribution >= 0.6 is 0 Å². The number of nitro groups is 1. The highest BCUT2D eigenvalue weighted by Crippen LogP contribution is 2.21. The van der Waals surface area contributed by atoms with E-state index in [9.17, 15) is 10.1 Å². The maximum Gasteiger partial charge on any atom is 0.259 e. The summed E-state index contributed by atoms with van der Waals surface area (Å²) in [6.07, 6.45) is 6.01. The lowest BCUT2D eigenvalue weighted by Crippen LogP contribution is -2.36. The van der Waals surface area contributed by atoms with Crippen LogP contribution in [0.1, 0.15) is 32.1 Å². The van der Waals surface area contributed by atoms with Crippen LogP contribution in [0.5, 0.6) is 0 Å². The lowest BCUT2D eigenvalue weighted by Gasteiger charge is -2.27. The molecule has 1 rings (SSSR count). The standard InChI is InChI=1S/C8H16N2O2/c1-9(7-10(11)12)8-5-3-2-4-6-8/h8H,2-7H2,1H3. The first-order valence-electron chi connectivity index (χ1n) is 4.52. The second-order valence-electron chi connectivity index (χ2n) is 3.52. The lowest BCUT2D eigenvalue weighted by atomic mass is 9.95. The van der Waals surface area contributed by atoms with Gasteiger partial charge in [0.1, 0.15) is 0 Å². The van der Waals surface area contributed by atoms with Crippen molar-refractivity contribution in [3.8, 4) is 0 Å². The topological polar surface area (TPSA) is 46.4 Å². The highest BCUT2D eigenvalue weighted by molar-refractivity contribution is 4.71. The zero-order valence-electron chi connectivity index (χ0n) is 7.53. The SMILES string of the molecule is CN(C[N+](=O)[O-])C1CCCCC1. The van der Waals surface area contributed by atoms with Crippen molar-refractivity contribution < 1.29 is 4.92 Å². The van der Waals surface area contributed by atoms with E-state index in [1.165, 1.54) is 19.3 Å². The van der Waals surface area contributed by atoms with E-state index in [-0.39, 0.29) is 11.6 Å². The van der Waals surface area contributed by atoms with Gasteiger partial charge in [0.05, 0.1) is 0 Å². The van der Waals surface area contributed by atoms with Crippen molar-refractivity contribution in [1.82, 2.24) is 4.90 Å². The van der Waals surface area contributed by atoms with Crippen molar-refractivity contribution in [3.05, 3.63) is 10.1 Å². The van der Waals surface area contributed by atoms with Gasteiger partial charge >= 0.3 is 0 Å². The van der Waals surface area contributed by atoms with Crippen LogP contribution in [0.3, 0.4) is 0 Å². The monoisotopic (exact) mass is 172 g/mol. The van der Waals surface area contributed by atoms with Crippen molar-refractivity contribution in [3.63, 3.8) is 0 Å². The van der Waals surface area contributed by atoms with E-state index in [1.807, 2.05) is 11.9 Å². The minimum atomic E-state index is -0.255. The number of rotatable bonds is 3. The Morgan fingerprint density at radius 3 is 2.50 bits per heavy atom. The molecule has 0 heterocycles. The Labute approximate surface area is 72.7 Å². The summed E-state index contributed by atoms with van der Waals surface area (Å²) < 4.78 is 0. The van der Waals surface area contributed by atoms with Crippen molar-refractivity contribution in [2.75, 3.05) is 13.7 Å². The highest BCUT2D eigenvalue weighted by Gasteiger charge is 2.20. The molecule has 70 valence electrons.